The Balaban J connectivity index is 2.79. The molecule has 0 atom stereocenters. The average Bonchev–Trinajstić information content (AvgIpc) is 2.19. The quantitative estimate of drug-likeness (QED) is 0.902. The van der Waals surface area contributed by atoms with Crippen molar-refractivity contribution in [3.8, 4) is 5.75 Å². The molecule has 2 nitrogen and oxygen atoms in total. The predicted octanol–water partition coefficient (Wildman–Crippen LogP) is 3.63. The van der Waals surface area contributed by atoms with Crippen LogP contribution in [0.1, 0.15) is 12.0 Å². The lowest BCUT2D eigenvalue weighted by Gasteiger charge is -2.09. The molecule has 0 fully saturated rings. The van der Waals surface area contributed by atoms with E-state index in [-0.39, 0.29) is 17.4 Å². The maximum Gasteiger partial charge on any atom is 0.573 e. The molecule has 0 amide bonds. The molecule has 6 heteroatoms. The maximum absolute atomic E-state index is 11.9. The normalized spacial score (nSPS) is 12.1. The van der Waals surface area contributed by atoms with E-state index in [0.29, 0.717) is 12.0 Å². The molecule has 1 rings (SSSR count). The molecule has 94 valence electrons. The Morgan fingerprint density at radius 3 is 2.59 bits per heavy atom. The second kappa shape index (κ2) is 5.93. The Morgan fingerprint density at radius 1 is 1.35 bits per heavy atom. The molecule has 0 aliphatic carbocycles. The zero-order chi connectivity index (χ0) is 12.9. The summed E-state index contributed by atoms with van der Waals surface area (Å²) in [5.41, 5.74) is 0.564. The van der Waals surface area contributed by atoms with E-state index in [2.05, 4.69) is 4.74 Å². The van der Waals surface area contributed by atoms with Crippen LogP contribution in [0.15, 0.2) is 24.3 Å². The highest BCUT2D eigenvalue weighted by Crippen LogP contribution is 2.28. The van der Waals surface area contributed by atoms with Crippen LogP contribution in [0.3, 0.4) is 0 Å². The van der Waals surface area contributed by atoms with Crippen molar-refractivity contribution < 1.29 is 23.0 Å². The van der Waals surface area contributed by atoms with Crippen molar-refractivity contribution in [2.75, 3.05) is 6.61 Å². The summed E-state index contributed by atoms with van der Waals surface area (Å²) in [7, 11) is 0. The Kier molecular flexibility index (Phi) is 4.84. The predicted molar refractivity (Wildman–Crippen MR) is 58.9 cm³/mol. The standard InChI is InChI=1S/C11H10ClF3O2/c12-10-7-9(17-11(13,14)15)5-4-8(10)3-1-2-6-16/h1,3-5,7,16H,2,6H2. The molecular weight excluding hydrogens is 257 g/mol. The summed E-state index contributed by atoms with van der Waals surface area (Å²) in [5, 5.41) is 8.71. The lowest BCUT2D eigenvalue weighted by molar-refractivity contribution is -0.274. The molecule has 0 aliphatic heterocycles. The molecule has 17 heavy (non-hydrogen) atoms. The van der Waals surface area contributed by atoms with Gasteiger partial charge in [0.15, 0.2) is 0 Å². The largest absolute Gasteiger partial charge is 0.573 e. The topological polar surface area (TPSA) is 29.5 Å². The Hall–Kier alpha value is -1.20. The third-order valence-corrected chi connectivity index (χ3v) is 2.13. The number of hydrogen-bond donors (Lipinski definition) is 1. The lowest BCUT2D eigenvalue weighted by atomic mass is 10.2. The van der Waals surface area contributed by atoms with Crippen LogP contribution in [0.4, 0.5) is 13.2 Å². The van der Waals surface area contributed by atoms with Crippen molar-refractivity contribution in [3.05, 3.63) is 34.9 Å². The molecular formula is C11H10ClF3O2. The summed E-state index contributed by atoms with van der Waals surface area (Å²) in [6.45, 7) is 0.00336. The van der Waals surface area contributed by atoms with Gasteiger partial charge in [-0.3, -0.25) is 0 Å². The summed E-state index contributed by atoms with van der Waals surface area (Å²) in [5.74, 6) is -0.359. The molecule has 0 spiro atoms. The fourth-order valence-electron chi connectivity index (χ4n) is 1.12. The van der Waals surface area contributed by atoms with Crippen LogP contribution >= 0.6 is 11.6 Å². The molecule has 0 radical (unpaired) electrons. The smallest absolute Gasteiger partial charge is 0.406 e. The minimum absolute atomic E-state index is 0.00336. The van der Waals surface area contributed by atoms with Gasteiger partial charge in [0, 0.05) is 6.61 Å². The van der Waals surface area contributed by atoms with Gasteiger partial charge in [0.25, 0.3) is 0 Å². The van der Waals surface area contributed by atoms with Crippen molar-refractivity contribution in [1.29, 1.82) is 0 Å². The van der Waals surface area contributed by atoms with Crippen LogP contribution in [0.2, 0.25) is 5.02 Å². The summed E-state index contributed by atoms with van der Waals surface area (Å²) >= 11 is 5.78. The van der Waals surface area contributed by atoms with Gasteiger partial charge < -0.3 is 9.84 Å². The number of ether oxygens (including phenoxy) is 1. The molecule has 1 aromatic carbocycles. The molecule has 0 unspecified atom stereocenters. The summed E-state index contributed by atoms with van der Waals surface area (Å²) in [6.07, 6.45) is -0.976. The van der Waals surface area contributed by atoms with Crippen molar-refractivity contribution in [3.63, 3.8) is 0 Å². The average molecular weight is 267 g/mol. The van der Waals surface area contributed by atoms with E-state index in [9.17, 15) is 13.2 Å². The monoisotopic (exact) mass is 266 g/mol. The number of benzene rings is 1. The number of alkyl halides is 3. The third kappa shape index (κ3) is 5.10. The first-order valence-corrected chi connectivity index (χ1v) is 5.13. The summed E-state index contributed by atoms with van der Waals surface area (Å²) in [4.78, 5) is 0. The van der Waals surface area contributed by atoms with Crippen molar-refractivity contribution >= 4 is 17.7 Å². The van der Waals surface area contributed by atoms with Crippen molar-refractivity contribution in [2.45, 2.75) is 12.8 Å². The van der Waals surface area contributed by atoms with Gasteiger partial charge in [-0.1, -0.05) is 23.8 Å². The Labute approximate surface area is 101 Å². The van der Waals surface area contributed by atoms with Crippen LogP contribution in [-0.2, 0) is 0 Å². The first-order chi connectivity index (χ1) is 7.92. The number of hydrogen-bond acceptors (Lipinski definition) is 2. The van der Waals surface area contributed by atoms with E-state index < -0.39 is 6.36 Å². The van der Waals surface area contributed by atoms with Crippen LogP contribution in [0.25, 0.3) is 6.08 Å². The van der Waals surface area contributed by atoms with Gasteiger partial charge in [0.2, 0.25) is 0 Å². The van der Waals surface area contributed by atoms with E-state index in [0.717, 1.165) is 6.07 Å². The van der Waals surface area contributed by atoms with E-state index in [1.54, 1.807) is 12.2 Å². The minimum Gasteiger partial charge on any atom is -0.406 e. The molecule has 1 aromatic rings. The molecule has 0 saturated heterocycles. The van der Waals surface area contributed by atoms with Gasteiger partial charge in [-0.05, 0) is 30.2 Å². The Bertz CT molecular complexity index is 402. The van der Waals surface area contributed by atoms with Gasteiger partial charge in [0.1, 0.15) is 5.75 Å². The fraction of sp³-hybridized carbons (Fsp3) is 0.273. The van der Waals surface area contributed by atoms with E-state index in [1.807, 2.05) is 0 Å². The number of halogens is 4. The van der Waals surface area contributed by atoms with E-state index in [1.165, 1.54) is 12.1 Å². The highest BCUT2D eigenvalue weighted by atomic mass is 35.5. The van der Waals surface area contributed by atoms with Gasteiger partial charge >= 0.3 is 6.36 Å². The highest BCUT2D eigenvalue weighted by molar-refractivity contribution is 6.32. The molecule has 0 heterocycles. The van der Waals surface area contributed by atoms with Crippen molar-refractivity contribution in [2.24, 2.45) is 0 Å². The molecule has 1 N–H and O–H groups in total. The molecule has 0 aromatic heterocycles. The first kappa shape index (κ1) is 13.9. The van der Waals surface area contributed by atoms with E-state index >= 15 is 0 Å². The van der Waals surface area contributed by atoms with E-state index in [4.69, 9.17) is 16.7 Å². The zero-order valence-corrected chi connectivity index (χ0v) is 9.42. The first-order valence-electron chi connectivity index (χ1n) is 4.75. The van der Waals surface area contributed by atoms with Crippen LogP contribution in [-0.4, -0.2) is 18.1 Å². The van der Waals surface area contributed by atoms with Gasteiger partial charge in [-0.2, -0.15) is 0 Å². The van der Waals surface area contributed by atoms with Crippen molar-refractivity contribution in [1.82, 2.24) is 0 Å². The van der Waals surface area contributed by atoms with Gasteiger partial charge in [-0.25, -0.2) is 0 Å². The maximum atomic E-state index is 11.9. The fourth-order valence-corrected chi connectivity index (χ4v) is 1.36. The minimum atomic E-state index is -4.72. The summed E-state index contributed by atoms with van der Waals surface area (Å²) < 4.78 is 39.5. The van der Waals surface area contributed by atoms with Gasteiger partial charge in [0.05, 0.1) is 5.02 Å². The lowest BCUT2D eigenvalue weighted by Crippen LogP contribution is -2.17. The zero-order valence-electron chi connectivity index (χ0n) is 8.67. The summed E-state index contributed by atoms with van der Waals surface area (Å²) in [6, 6.07) is 3.68. The molecule has 0 saturated carbocycles. The second-order valence-corrected chi connectivity index (χ2v) is 3.55. The molecule has 0 aliphatic rings. The number of aliphatic hydroxyl groups excluding tert-OH is 1. The SMILES string of the molecule is OCCC=Cc1ccc(OC(F)(F)F)cc1Cl. The number of aliphatic hydroxyl groups is 1. The van der Waals surface area contributed by atoms with Gasteiger partial charge in [-0.15, -0.1) is 13.2 Å². The Morgan fingerprint density at radius 2 is 2.06 bits per heavy atom. The van der Waals surface area contributed by atoms with Crippen LogP contribution < -0.4 is 4.74 Å². The molecule has 0 bridgehead atoms. The third-order valence-electron chi connectivity index (χ3n) is 1.80. The number of rotatable bonds is 4. The van der Waals surface area contributed by atoms with Crippen LogP contribution in [0.5, 0.6) is 5.75 Å². The van der Waals surface area contributed by atoms with Crippen LogP contribution in [0, 0.1) is 0 Å². The highest BCUT2D eigenvalue weighted by Gasteiger charge is 2.31. The second-order valence-electron chi connectivity index (χ2n) is 3.15.